The fourth-order valence-electron chi connectivity index (χ4n) is 4.40. The number of thiazole rings is 1. The Bertz CT molecular complexity index is 1390. The number of Topliss-reactive ketones (excluding diaryl/α,β-unsaturated/α-hetero) is 1. The Balaban J connectivity index is 2.22. The summed E-state index contributed by atoms with van der Waals surface area (Å²) in [6.07, 6.45) is 2.30. The summed E-state index contributed by atoms with van der Waals surface area (Å²) < 4.78 is 21.0. The maximum absolute atomic E-state index is 14.0. The van der Waals surface area contributed by atoms with Crippen molar-refractivity contribution in [2.45, 2.75) is 70.2 Å². The maximum atomic E-state index is 14.0. The molecule has 0 aliphatic rings. The van der Waals surface area contributed by atoms with Crippen molar-refractivity contribution in [3.05, 3.63) is 52.0 Å². The molecular weight excluding hydrogens is 759 g/mol. The van der Waals surface area contributed by atoms with Crippen LogP contribution in [-0.2, 0) is 49.3 Å². The average Bonchev–Trinajstić information content (AvgIpc) is 3.49. The molecular formula is C32H43IN4O10S. The van der Waals surface area contributed by atoms with Crippen molar-refractivity contribution in [3.8, 4) is 0 Å². The SMILES string of the molecule is COC[C@H](NC(=O)c1cnc(C)s1)C(=O)N[C@@H](COC)C(=O)N[C@@H](Cc1ccccc1)C(=O)C(C)(CI)OC(=O)CCCCOC(C)=O. The smallest absolute Gasteiger partial charge is 0.306 e. The van der Waals surface area contributed by atoms with Crippen LogP contribution in [0.15, 0.2) is 36.5 Å². The van der Waals surface area contributed by atoms with Crippen molar-refractivity contribution in [2.24, 2.45) is 0 Å². The maximum Gasteiger partial charge on any atom is 0.306 e. The van der Waals surface area contributed by atoms with Gasteiger partial charge in [-0.15, -0.1) is 11.3 Å². The zero-order chi connectivity index (χ0) is 35.7. The van der Waals surface area contributed by atoms with Gasteiger partial charge in [0.15, 0.2) is 11.4 Å². The molecule has 0 saturated heterocycles. The van der Waals surface area contributed by atoms with E-state index in [0.29, 0.717) is 22.7 Å². The molecule has 0 aliphatic heterocycles. The molecule has 4 atom stereocenters. The van der Waals surface area contributed by atoms with Gasteiger partial charge in [0.05, 0.1) is 37.1 Å². The number of alkyl halides is 1. The lowest BCUT2D eigenvalue weighted by atomic mass is 9.91. The molecule has 2 aromatic rings. The molecule has 1 unspecified atom stereocenters. The Kier molecular flexibility index (Phi) is 17.6. The summed E-state index contributed by atoms with van der Waals surface area (Å²) in [6, 6.07) is 5.40. The van der Waals surface area contributed by atoms with Crippen LogP contribution in [0.5, 0.6) is 0 Å². The van der Waals surface area contributed by atoms with Gasteiger partial charge in [-0.25, -0.2) is 4.98 Å². The molecule has 1 aromatic heterocycles. The number of aryl methyl sites for hydroxylation is 1. The van der Waals surface area contributed by atoms with Crippen LogP contribution in [0, 0.1) is 6.92 Å². The fraction of sp³-hybridized carbons (Fsp3) is 0.531. The number of nitrogens with one attached hydrogen (secondary N) is 3. The second-order valence-corrected chi connectivity index (χ2v) is 13.0. The highest BCUT2D eigenvalue weighted by Gasteiger charge is 2.42. The van der Waals surface area contributed by atoms with Gasteiger partial charge in [0.2, 0.25) is 11.8 Å². The minimum absolute atomic E-state index is 0.000211. The van der Waals surface area contributed by atoms with Crippen LogP contribution in [0.25, 0.3) is 0 Å². The number of hydrogen-bond acceptors (Lipinski definition) is 12. The lowest BCUT2D eigenvalue weighted by molar-refractivity contribution is -0.164. The summed E-state index contributed by atoms with van der Waals surface area (Å²) in [4.78, 5) is 81.8. The second kappa shape index (κ2) is 20.8. The van der Waals surface area contributed by atoms with Crippen LogP contribution >= 0.6 is 33.9 Å². The number of ether oxygens (including phenoxy) is 4. The predicted molar refractivity (Wildman–Crippen MR) is 185 cm³/mol. The topological polar surface area (TPSA) is 188 Å². The lowest BCUT2D eigenvalue weighted by Crippen LogP contribution is -2.60. The molecule has 3 amide bonds. The van der Waals surface area contributed by atoms with E-state index >= 15 is 0 Å². The minimum Gasteiger partial charge on any atom is -0.466 e. The van der Waals surface area contributed by atoms with Crippen molar-refractivity contribution in [3.63, 3.8) is 0 Å². The van der Waals surface area contributed by atoms with Crippen molar-refractivity contribution in [2.75, 3.05) is 38.5 Å². The van der Waals surface area contributed by atoms with E-state index in [9.17, 15) is 28.8 Å². The highest BCUT2D eigenvalue weighted by molar-refractivity contribution is 14.1. The summed E-state index contributed by atoms with van der Waals surface area (Å²) >= 11 is 3.11. The van der Waals surface area contributed by atoms with Crippen molar-refractivity contribution >= 4 is 69.4 Å². The number of methoxy groups -OCH3 is 2. The number of aromatic nitrogens is 1. The summed E-state index contributed by atoms with van der Waals surface area (Å²) in [5, 5.41) is 8.58. The molecule has 0 aliphatic carbocycles. The van der Waals surface area contributed by atoms with Gasteiger partial charge in [0.1, 0.15) is 17.0 Å². The zero-order valence-corrected chi connectivity index (χ0v) is 30.6. The van der Waals surface area contributed by atoms with Gasteiger partial charge in [-0.05, 0) is 38.7 Å². The van der Waals surface area contributed by atoms with Gasteiger partial charge >= 0.3 is 11.9 Å². The van der Waals surface area contributed by atoms with E-state index in [1.54, 1.807) is 31.2 Å². The van der Waals surface area contributed by atoms with E-state index < -0.39 is 59.2 Å². The molecule has 16 heteroatoms. The second-order valence-electron chi connectivity index (χ2n) is 11.0. The van der Waals surface area contributed by atoms with Gasteiger partial charge < -0.3 is 34.9 Å². The third kappa shape index (κ3) is 13.6. The monoisotopic (exact) mass is 802 g/mol. The zero-order valence-electron chi connectivity index (χ0n) is 27.7. The Labute approximate surface area is 297 Å². The number of hydrogen-bond donors (Lipinski definition) is 3. The summed E-state index contributed by atoms with van der Waals surface area (Å²) in [5.41, 5.74) is -0.861. The fourth-order valence-corrected chi connectivity index (χ4v) is 5.61. The first-order valence-electron chi connectivity index (χ1n) is 15.1. The number of benzene rings is 1. The molecule has 1 aromatic carbocycles. The molecule has 1 heterocycles. The van der Waals surface area contributed by atoms with E-state index in [1.807, 2.05) is 28.7 Å². The Morgan fingerprint density at radius 2 is 1.52 bits per heavy atom. The highest BCUT2D eigenvalue weighted by Crippen LogP contribution is 2.21. The molecule has 0 spiro atoms. The number of esters is 2. The lowest BCUT2D eigenvalue weighted by Gasteiger charge is -2.31. The van der Waals surface area contributed by atoms with Crippen LogP contribution in [0.4, 0.5) is 0 Å². The summed E-state index contributed by atoms with van der Waals surface area (Å²) in [6.45, 7) is 4.26. The predicted octanol–water partition coefficient (Wildman–Crippen LogP) is 2.09. The molecule has 264 valence electrons. The number of carbonyl (C=O) groups is 6. The number of amides is 3. The number of rotatable bonds is 21. The van der Waals surface area contributed by atoms with Gasteiger partial charge in [-0.2, -0.15) is 0 Å². The molecule has 3 N–H and O–H groups in total. The first-order chi connectivity index (χ1) is 22.8. The van der Waals surface area contributed by atoms with Crippen LogP contribution in [-0.4, -0.2) is 103 Å². The normalized spacial score (nSPS) is 14.0. The summed E-state index contributed by atoms with van der Waals surface area (Å²) in [7, 11) is 2.71. The van der Waals surface area contributed by atoms with E-state index in [-0.39, 0.29) is 37.1 Å². The molecule has 0 saturated carbocycles. The molecule has 14 nitrogen and oxygen atoms in total. The Hall–Kier alpha value is -3.48. The van der Waals surface area contributed by atoms with E-state index in [4.69, 9.17) is 18.9 Å². The van der Waals surface area contributed by atoms with Gasteiger partial charge in [-0.3, -0.25) is 28.8 Å². The summed E-state index contributed by atoms with van der Waals surface area (Å²) in [5.74, 6) is -3.55. The number of halogens is 1. The van der Waals surface area contributed by atoms with Crippen molar-refractivity contribution in [1.29, 1.82) is 0 Å². The highest BCUT2D eigenvalue weighted by atomic mass is 127. The van der Waals surface area contributed by atoms with Crippen LogP contribution in [0.1, 0.15) is 53.4 Å². The standard InChI is InChI=1S/C32H43IN4O10S/c1-20-34-16-26(48-20)31(43)37-25(18-45-5)30(42)36-24(17-44-4)29(41)35-23(15-22-11-7-6-8-12-22)28(40)32(3,19-33)47-27(39)13-9-10-14-46-21(2)38/h6-8,11-12,16,23-25H,9-10,13-15,17-19H2,1-5H3,(H,35,41)(H,36,42)(H,37,43)/t23-,24-,25-,32?/m0/s1. The molecule has 0 radical (unpaired) electrons. The van der Waals surface area contributed by atoms with Gasteiger partial charge in [0.25, 0.3) is 5.91 Å². The number of nitrogens with zero attached hydrogens (tertiary/aromatic N) is 1. The molecule has 0 fully saturated rings. The third-order valence-corrected chi connectivity index (χ3v) is 9.25. The number of ketones is 1. The third-order valence-electron chi connectivity index (χ3n) is 6.88. The first kappa shape index (κ1) is 40.7. The Morgan fingerprint density at radius 3 is 2.06 bits per heavy atom. The van der Waals surface area contributed by atoms with Crippen LogP contribution in [0.2, 0.25) is 0 Å². The quantitative estimate of drug-likeness (QED) is 0.0726. The number of unbranched alkanes of at least 4 members (excludes halogenated alkanes) is 1. The van der Waals surface area contributed by atoms with Crippen LogP contribution in [0.3, 0.4) is 0 Å². The van der Waals surface area contributed by atoms with E-state index in [2.05, 4.69) is 20.9 Å². The van der Waals surface area contributed by atoms with E-state index in [1.165, 1.54) is 34.3 Å². The van der Waals surface area contributed by atoms with Crippen molar-refractivity contribution in [1.82, 2.24) is 20.9 Å². The van der Waals surface area contributed by atoms with Gasteiger partial charge in [0, 0.05) is 32.0 Å². The van der Waals surface area contributed by atoms with Crippen LogP contribution < -0.4 is 16.0 Å². The largest absolute Gasteiger partial charge is 0.466 e. The molecule has 2 rings (SSSR count). The average molecular weight is 803 g/mol. The van der Waals surface area contributed by atoms with E-state index in [0.717, 1.165) is 16.9 Å². The Morgan fingerprint density at radius 1 is 0.917 bits per heavy atom. The molecule has 0 bridgehead atoms. The van der Waals surface area contributed by atoms with Gasteiger partial charge in [-0.1, -0.05) is 52.9 Å². The first-order valence-corrected chi connectivity index (χ1v) is 17.5. The van der Waals surface area contributed by atoms with Crippen molar-refractivity contribution < 1.29 is 47.7 Å². The molecule has 48 heavy (non-hydrogen) atoms. The minimum atomic E-state index is -1.59. The number of carbonyl (C=O) groups excluding carboxylic acids is 6.